The molecule has 0 fully saturated rings. The Bertz CT molecular complexity index is 850. The Labute approximate surface area is 156 Å². The molecule has 1 aliphatic rings. The van der Waals surface area contributed by atoms with Crippen LogP contribution in [0.3, 0.4) is 0 Å². The molecule has 0 bridgehead atoms. The normalized spacial score (nSPS) is 13.1. The molecule has 6 nitrogen and oxygen atoms in total. The van der Waals surface area contributed by atoms with Crippen LogP contribution in [0.25, 0.3) is 0 Å². The van der Waals surface area contributed by atoms with Gasteiger partial charge in [-0.3, -0.25) is 10.1 Å². The maximum absolute atomic E-state index is 12.2. The van der Waals surface area contributed by atoms with Crippen LogP contribution in [-0.2, 0) is 11.2 Å². The van der Waals surface area contributed by atoms with Crippen LogP contribution in [0.1, 0.15) is 27.0 Å². The summed E-state index contributed by atoms with van der Waals surface area (Å²) in [6.07, 6.45) is 0.0853. The fraction of sp³-hybridized carbons (Fsp3) is 0.263. The van der Waals surface area contributed by atoms with Crippen molar-refractivity contribution in [2.24, 2.45) is 0 Å². The molecular formula is C19H19ClN2O4. The third-order valence-electron chi connectivity index (χ3n) is 4.23. The molecule has 26 heavy (non-hydrogen) atoms. The van der Waals surface area contributed by atoms with Crippen molar-refractivity contribution in [2.75, 3.05) is 25.6 Å². The molecule has 0 aliphatic carbocycles. The zero-order chi connectivity index (χ0) is 18.7. The second kappa shape index (κ2) is 7.66. The van der Waals surface area contributed by atoms with E-state index in [9.17, 15) is 9.59 Å². The van der Waals surface area contributed by atoms with E-state index in [0.29, 0.717) is 41.6 Å². The number of anilines is 1. The number of halogens is 1. The zero-order valence-electron chi connectivity index (χ0n) is 14.5. The average Bonchev–Trinajstić information content (AvgIpc) is 2.82. The number of rotatable bonds is 3. The van der Waals surface area contributed by atoms with E-state index < -0.39 is 6.09 Å². The van der Waals surface area contributed by atoms with Crippen molar-refractivity contribution < 1.29 is 19.1 Å². The fourth-order valence-corrected chi connectivity index (χ4v) is 3.06. The van der Waals surface area contributed by atoms with E-state index in [1.54, 1.807) is 12.1 Å². The Morgan fingerprint density at radius 3 is 2.77 bits per heavy atom. The summed E-state index contributed by atoms with van der Waals surface area (Å²) in [5.41, 5.74) is 3.96. The second-order valence-corrected chi connectivity index (χ2v) is 6.32. The minimum atomic E-state index is -0.517. The molecule has 2 amide bonds. The van der Waals surface area contributed by atoms with Crippen molar-refractivity contribution >= 4 is 29.3 Å². The third-order valence-corrected chi connectivity index (χ3v) is 4.69. The van der Waals surface area contributed by atoms with Crippen molar-refractivity contribution in [3.8, 4) is 5.75 Å². The maximum atomic E-state index is 12.2. The molecule has 3 rings (SSSR count). The van der Waals surface area contributed by atoms with Crippen LogP contribution in [0, 0.1) is 6.92 Å². The Hall–Kier alpha value is -2.73. The van der Waals surface area contributed by atoms with Gasteiger partial charge < -0.3 is 14.8 Å². The summed E-state index contributed by atoms with van der Waals surface area (Å²) in [5.74, 6) is 0.263. The monoisotopic (exact) mass is 374 g/mol. The molecule has 0 spiro atoms. The highest BCUT2D eigenvalue weighted by Crippen LogP contribution is 2.36. The molecule has 0 saturated heterocycles. The molecule has 2 aromatic carbocycles. The van der Waals surface area contributed by atoms with Gasteiger partial charge in [-0.2, -0.15) is 0 Å². The van der Waals surface area contributed by atoms with Gasteiger partial charge in [-0.05, 0) is 48.2 Å². The van der Waals surface area contributed by atoms with Crippen molar-refractivity contribution in [1.29, 1.82) is 0 Å². The summed E-state index contributed by atoms with van der Waals surface area (Å²) < 4.78 is 10.2. The molecule has 7 heteroatoms. The van der Waals surface area contributed by atoms with Crippen LogP contribution < -0.4 is 15.4 Å². The number of hydrogen-bond donors (Lipinski definition) is 2. The first kappa shape index (κ1) is 18.1. The lowest BCUT2D eigenvalue weighted by molar-refractivity contribution is 0.0957. The number of amides is 2. The third kappa shape index (κ3) is 3.75. The van der Waals surface area contributed by atoms with Gasteiger partial charge in [0, 0.05) is 5.69 Å². The Kier molecular flexibility index (Phi) is 5.32. The van der Waals surface area contributed by atoms with Crippen molar-refractivity contribution in [3.63, 3.8) is 0 Å². The Morgan fingerprint density at radius 1 is 1.35 bits per heavy atom. The summed E-state index contributed by atoms with van der Waals surface area (Å²) in [6, 6.07) is 9.23. The summed E-state index contributed by atoms with van der Waals surface area (Å²) in [6.45, 7) is 2.76. The quantitative estimate of drug-likeness (QED) is 0.861. The molecule has 136 valence electrons. The maximum Gasteiger partial charge on any atom is 0.411 e. The van der Waals surface area contributed by atoms with Crippen molar-refractivity contribution in [3.05, 3.63) is 57.6 Å². The molecule has 2 N–H and O–H groups in total. The van der Waals surface area contributed by atoms with E-state index in [2.05, 4.69) is 15.4 Å². The van der Waals surface area contributed by atoms with Gasteiger partial charge in [0.05, 0.1) is 24.2 Å². The lowest BCUT2D eigenvalue weighted by Crippen LogP contribution is -2.24. The van der Waals surface area contributed by atoms with Crippen LogP contribution in [0.4, 0.5) is 10.5 Å². The van der Waals surface area contributed by atoms with E-state index in [0.717, 1.165) is 16.7 Å². The minimum Gasteiger partial charge on any atom is -0.489 e. The van der Waals surface area contributed by atoms with Gasteiger partial charge in [0.25, 0.3) is 5.91 Å². The molecule has 1 heterocycles. The second-order valence-electron chi connectivity index (χ2n) is 5.95. The zero-order valence-corrected chi connectivity index (χ0v) is 15.3. The van der Waals surface area contributed by atoms with Gasteiger partial charge in [-0.25, -0.2) is 4.79 Å². The molecule has 0 saturated carbocycles. The summed E-state index contributed by atoms with van der Waals surface area (Å²) in [7, 11) is 1.31. The first-order chi connectivity index (χ1) is 12.5. The molecular weight excluding hydrogens is 356 g/mol. The van der Waals surface area contributed by atoms with Crippen LogP contribution in [-0.4, -0.2) is 32.3 Å². The van der Waals surface area contributed by atoms with Crippen LogP contribution in [0.5, 0.6) is 5.75 Å². The standard InChI is InChI=1S/C19H19ClN2O4/c1-11-13(9-12-3-5-14(6-4-12)22-19(24)25-2)10-15-17(16(11)20)26-8-7-21-18(15)23/h3-6,10H,7-9H2,1-2H3,(H,21,23)(H,22,24). The number of ether oxygens (including phenoxy) is 2. The summed E-state index contributed by atoms with van der Waals surface area (Å²) in [5, 5.41) is 5.87. The fourth-order valence-electron chi connectivity index (χ4n) is 2.78. The van der Waals surface area contributed by atoms with Gasteiger partial charge in [-0.15, -0.1) is 0 Å². The smallest absolute Gasteiger partial charge is 0.411 e. The van der Waals surface area contributed by atoms with Gasteiger partial charge in [-0.1, -0.05) is 23.7 Å². The number of hydrogen-bond acceptors (Lipinski definition) is 4. The number of fused-ring (bicyclic) bond motifs is 1. The van der Waals surface area contributed by atoms with Gasteiger partial charge in [0.15, 0.2) is 5.75 Å². The minimum absolute atomic E-state index is 0.182. The highest BCUT2D eigenvalue weighted by Gasteiger charge is 2.22. The Morgan fingerprint density at radius 2 is 2.08 bits per heavy atom. The van der Waals surface area contributed by atoms with Crippen LogP contribution >= 0.6 is 11.6 Å². The predicted octanol–water partition coefficient (Wildman–Crippen LogP) is 3.54. The topological polar surface area (TPSA) is 76.7 Å². The van der Waals surface area contributed by atoms with E-state index in [1.807, 2.05) is 25.1 Å². The number of nitrogens with one attached hydrogen (secondary N) is 2. The average molecular weight is 375 g/mol. The summed E-state index contributed by atoms with van der Waals surface area (Å²) >= 11 is 6.45. The molecule has 0 atom stereocenters. The SMILES string of the molecule is COC(=O)Nc1ccc(Cc2cc3c(c(Cl)c2C)OCCNC3=O)cc1. The number of carbonyl (C=O) groups excluding carboxylic acids is 2. The van der Waals surface area contributed by atoms with E-state index in [4.69, 9.17) is 16.3 Å². The lowest BCUT2D eigenvalue weighted by Gasteiger charge is -2.15. The number of methoxy groups -OCH3 is 1. The van der Waals surface area contributed by atoms with Crippen LogP contribution in [0.2, 0.25) is 5.02 Å². The van der Waals surface area contributed by atoms with E-state index in [-0.39, 0.29) is 5.91 Å². The Balaban J connectivity index is 1.87. The van der Waals surface area contributed by atoms with Gasteiger partial charge in [0.1, 0.15) is 6.61 Å². The van der Waals surface area contributed by atoms with Gasteiger partial charge in [0.2, 0.25) is 0 Å². The number of benzene rings is 2. The molecule has 0 aromatic heterocycles. The summed E-state index contributed by atoms with van der Waals surface area (Å²) in [4.78, 5) is 23.5. The molecule has 0 unspecified atom stereocenters. The largest absolute Gasteiger partial charge is 0.489 e. The first-order valence-electron chi connectivity index (χ1n) is 8.16. The highest BCUT2D eigenvalue weighted by atomic mass is 35.5. The van der Waals surface area contributed by atoms with E-state index >= 15 is 0 Å². The lowest BCUT2D eigenvalue weighted by atomic mass is 9.97. The van der Waals surface area contributed by atoms with Gasteiger partial charge >= 0.3 is 6.09 Å². The number of carbonyl (C=O) groups is 2. The predicted molar refractivity (Wildman–Crippen MR) is 99.3 cm³/mol. The highest BCUT2D eigenvalue weighted by molar-refractivity contribution is 6.33. The first-order valence-corrected chi connectivity index (χ1v) is 8.54. The van der Waals surface area contributed by atoms with Crippen molar-refractivity contribution in [2.45, 2.75) is 13.3 Å². The van der Waals surface area contributed by atoms with Crippen molar-refractivity contribution in [1.82, 2.24) is 5.32 Å². The molecule has 1 aliphatic heterocycles. The van der Waals surface area contributed by atoms with Crippen LogP contribution in [0.15, 0.2) is 30.3 Å². The molecule has 2 aromatic rings. The molecule has 0 radical (unpaired) electrons. The van der Waals surface area contributed by atoms with E-state index in [1.165, 1.54) is 7.11 Å².